The van der Waals surface area contributed by atoms with Gasteiger partial charge in [-0.3, -0.25) is 0 Å². The van der Waals surface area contributed by atoms with Crippen LogP contribution in [0.25, 0.3) is 0 Å². The van der Waals surface area contributed by atoms with Crippen molar-refractivity contribution < 1.29 is 17.9 Å². The van der Waals surface area contributed by atoms with Crippen LogP contribution in [-0.2, 0) is 9.84 Å². The molecule has 1 aromatic rings. The van der Waals surface area contributed by atoms with E-state index in [1.807, 2.05) is 0 Å². The highest BCUT2D eigenvalue weighted by molar-refractivity contribution is 7.90. The Balaban J connectivity index is 2.30. The Labute approximate surface area is 93.8 Å². The van der Waals surface area contributed by atoms with Crippen LogP contribution in [0.1, 0.15) is 24.3 Å². The van der Waals surface area contributed by atoms with Gasteiger partial charge in [0.05, 0.1) is 6.10 Å². The summed E-state index contributed by atoms with van der Waals surface area (Å²) in [6.45, 7) is 0. The van der Waals surface area contributed by atoms with Crippen LogP contribution in [0.2, 0.25) is 0 Å². The minimum atomic E-state index is -3.50. The molecular weight excluding hydrogens is 231 g/mol. The van der Waals surface area contributed by atoms with Gasteiger partial charge >= 0.3 is 0 Å². The second-order valence-corrected chi connectivity index (χ2v) is 6.27. The molecule has 0 saturated heterocycles. The topological polar surface area (TPSA) is 54.4 Å². The van der Waals surface area contributed by atoms with E-state index in [9.17, 15) is 12.8 Å². The van der Waals surface area contributed by atoms with E-state index >= 15 is 0 Å². The monoisotopic (exact) mass is 244 g/mol. The van der Waals surface area contributed by atoms with Crippen molar-refractivity contribution in [3.63, 3.8) is 0 Å². The van der Waals surface area contributed by atoms with Crippen LogP contribution in [0.15, 0.2) is 23.1 Å². The quantitative estimate of drug-likeness (QED) is 0.857. The molecule has 3 nitrogen and oxygen atoms in total. The fourth-order valence-electron chi connectivity index (χ4n) is 1.93. The molecule has 16 heavy (non-hydrogen) atoms. The summed E-state index contributed by atoms with van der Waals surface area (Å²) < 4.78 is 35.9. The molecular formula is C11H13FO3S. The largest absolute Gasteiger partial charge is 0.393 e. The number of hydrogen-bond acceptors (Lipinski definition) is 3. The van der Waals surface area contributed by atoms with Crippen molar-refractivity contribution in [1.82, 2.24) is 0 Å². The van der Waals surface area contributed by atoms with E-state index < -0.39 is 15.7 Å². The number of rotatable bonds is 2. The van der Waals surface area contributed by atoms with Crippen LogP contribution in [0.3, 0.4) is 0 Å². The van der Waals surface area contributed by atoms with Crippen molar-refractivity contribution in [3.05, 3.63) is 29.6 Å². The minimum Gasteiger partial charge on any atom is -0.393 e. The van der Waals surface area contributed by atoms with Crippen molar-refractivity contribution >= 4 is 9.84 Å². The molecule has 0 heterocycles. The van der Waals surface area contributed by atoms with Crippen LogP contribution >= 0.6 is 0 Å². The second kappa shape index (κ2) is 3.82. The maximum Gasteiger partial charge on any atom is 0.178 e. The molecule has 0 radical (unpaired) electrons. The summed E-state index contributed by atoms with van der Waals surface area (Å²) in [4.78, 5) is -0.267. The first-order chi connectivity index (χ1) is 7.38. The third kappa shape index (κ3) is 2.10. The Morgan fingerprint density at radius 3 is 2.44 bits per heavy atom. The molecule has 0 atom stereocenters. The van der Waals surface area contributed by atoms with Crippen LogP contribution in [-0.4, -0.2) is 25.9 Å². The van der Waals surface area contributed by atoms with Crippen molar-refractivity contribution in [1.29, 1.82) is 0 Å². The first-order valence-electron chi connectivity index (χ1n) is 5.05. The van der Waals surface area contributed by atoms with Gasteiger partial charge in [0.1, 0.15) is 10.7 Å². The second-order valence-electron chi connectivity index (χ2n) is 4.28. The minimum absolute atomic E-state index is 0.151. The fourth-order valence-corrected chi connectivity index (χ4v) is 2.66. The summed E-state index contributed by atoms with van der Waals surface area (Å²) in [6.07, 6.45) is 1.93. The van der Waals surface area contributed by atoms with Gasteiger partial charge in [0, 0.05) is 6.26 Å². The molecule has 1 fully saturated rings. The van der Waals surface area contributed by atoms with Gasteiger partial charge in [-0.25, -0.2) is 12.8 Å². The fraction of sp³-hybridized carbons (Fsp3) is 0.455. The van der Waals surface area contributed by atoms with Crippen LogP contribution < -0.4 is 0 Å². The maximum absolute atomic E-state index is 13.5. The van der Waals surface area contributed by atoms with E-state index in [-0.39, 0.29) is 16.9 Å². The van der Waals surface area contributed by atoms with Crippen molar-refractivity contribution in [2.24, 2.45) is 0 Å². The summed E-state index contributed by atoms with van der Waals surface area (Å²) in [6, 6.07) is 4.17. The predicted molar refractivity (Wildman–Crippen MR) is 57.5 cm³/mol. The van der Waals surface area contributed by atoms with Crippen LogP contribution in [0.5, 0.6) is 0 Å². The molecule has 0 unspecified atom stereocenters. The lowest BCUT2D eigenvalue weighted by Crippen LogP contribution is -2.26. The van der Waals surface area contributed by atoms with E-state index in [1.54, 1.807) is 6.07 Å². The predicted octanol–water partition coefficient (Wildman–Crippen LogP) is 1.47. The molecule has 0 spiro atoms. The Morgan fingerprint density at radius 2 is 2.00 bits per heavy atom. The molecule has 0 bridgehead atoms. The highest BCUT2D eigenvalue weighted by Crippen LogP contribution is 2.37. The van der Waals surface area contributed by atoms with Crippen molar-refractivity contribution in [2.45, 2.75) is 29.8 Å². The maximum atomic E-state index is 13.5. The zero-order valence-corrected chi connectivity index (χ0v) is 9.67. The number of benzene rings is 1. The summed E-state index contributed by atoms with van der Waals surface area (Å²) in [5, 5.41) is 9.14. The average molecular weight is 244 g/mol. The highest BCUT2D eigenvalue weighted by Gasteiger charge is 2.29. The van der Waals surface area contributed by atoms with E-state index in [2.05, 4.69) is 0 Å². The van der Waals surface area contributed by atoms with Gasteiger partial charge in [-0.15, -0.1) is 0 Å². The number of aliphatic hydroxyl groups excluding tert-OH is 1. The SMILES string of the molecule is CS(=O)(=O)c1ccc(C2CC(O)C2)cc1F. The molecule has 0 amide bonds. The lowest BCUT2D eigenvalue weighted by molar-refractivity contribution is 0.0745. The highest BCUT2D eigenvalue weighted by atomic mass is 32.2. The van der Waals surface area contributed by atoms with Crippen molar-refractivity contribution in [2.75, 3.05) is 6.26 Å². The molecule has 2 rings (SSSR count). The van der Waals surface area contributed by atoms with Gasteiger partial charge in [0.2, 0.25) is 0 Å². The molecule has 0 aromatic heterocycles. The normalized spacial score (nSPS) is 25.2. The summed E-state index contributed by atoms with van der Waals surface area (Å²) in [5.41, 5.74) is 0.759. The first kappa shape index (κ1) is 11.5. The van der Waals surface area contributed by atoms with Crippen LogP contribution in [0, 0.1) is 5.82 Å². The average Bonchev–Trinajstić information content (AvgIpc) is 2.10. The standard InChI is InChI=1S/C11H13FO3S/c1-16(14,15)11-3-2-7(6-10(11)12)8-4-9(13)5-8/h2-3,6,8-9,13H,4-5H2,1H3. The van der Waals surface area contributed by atoms with E-state index in [4.69, 9.17) is 5.11 Å². The Bertz CT molecular complexity index is 504. The lowest BCUT2D eigenvalue weighted by Gasteiger charge is -2.31. The Hall–Kier alpha value is -0.940. The van der Waals surface area contributed by atoms with Gasteiger partial charge in [0.15, 0.2) is 9.84 Å². The third-order valence-electron chi connectivity index (χ3n) is 2.94. The first-order valence-corrected chi connectivity index (χ1v) is 6.94. The Morgan fingerprint density at radius 1 is 1.38 bits per heavy atom. The summed E-state index contributed by atoms with van der Waals surface area (Å²) in [5.74, 6) is -0.556. The molecule has 0 aliphatic heterocycles. The number of aliphatic hydroxyl groups is 1. The number of hydrogen-bond donors (Lipinski definition) is 1. The molecule has 1 aromatic carbocycles. The number of sulfone groups is 1. The van der Waals surface area contributed by atoms with Crippen LogP contribution in [0.4, 0.5) is 4.39 Å². The van der Waals surface area contributed by atoms with Gasteiger partial charge in [-0.2, -0.15) is 0 Å². The Kier molecular flexibility index (Phi) is 2.75. The molecule has 1 aliphatic carbocycles. The van der Waals surface area contributed by atoms with Gasteiger partial charge in [0.25, 0.3) is 0 Å². The van der Waals surface area contributed by atoms with Crippen molar-refractivity contribution in [3.8, 4) is 0 Å². The van der Waals surface area contributed by atoms with E-state index in [0.717, 1.165) is 11.8 Å². The van der Waals surface area contributed by atoms with E-state index in [0.29, 0.717) is 12.8 Å². The number of halogens is 1. The molecule has 1 aliphatic rings. The zero-order chi connectivity index (χ0) is 11.9. The molecule has 88 valence electrons. The summed E-state index contributed by atoms with van der Waals surface area (Å²) in [7, 11) is -3.50. The van der Waals surface area contributed by atoms with E-state index in [1.165, 1.54) is 12.1 Å². The molecule has 1 N–H and O–H groups in total. The van der Waals surface area contributed by atoms with Gasteiger partial charge in [-0.05, 0) is 36.5 Å². The molecule has 1 saturated carbocycles. The lowest BCUT2D eigenvalue weighted by atomic mass is 9.78. The smallest absolute Gasteiger partial charge is 0.178 e. The summed E-state index contributed by atoms with van der Waals surface area (Å²) >= 11 is 0. The van der Waals surface area contributed by atoms with Gasteiger partial charge in [-0.1, -0.05) is 6.07 Å². The molecule has 5 heteroatoms. The third-order valence-corrected chi connectivity index (χ3v) is 4.07. The van der Waals surface area contributed by atoms with Gasteiger partial charge < -0.3 is 5.11 Å². The zero-order valence-electron chi connectivity index (χ0n) is 8.85.